The van der Waals surface area contributed by atoms with Gasteiger partial charge in [-0.15, -0.1) is 0 Å². The largest absolute Gasteiger partial charge is 0.469 e. The van der Waals surface area contributed by atoms with Crippen molar-refractivity contribution in [2.24, 2.45) is 5.73 Å². The van der Waals surface area contributed by atoms with Gasteiger partial charge in [-0.25, -0.2) is 0 Å². The first kappa shape index (κ1) is 13.6. The molecule has 0 radical (unpaired) electrons. The lowest BCUT2D eigenvalue weighted by atomic mass is 10.0. The van der Waals surface area contributed by atoms with E-state index in [0.29, 0.717) is 19.1 Å². The molecule has 0 aliphatic rings. The summed E-state index contributed by atoms with van der Waals surface area (Å²) in [5.74, 6) is -0.674. The summed E-state index contributed by atoms with van der Waals surface area (Å²) >= 11 is 0. The predicted octanol–water partition coefficient (Wildman–Crippen LogP) is 1.22. The van der Waals surface area contributed by atoms with E-state index in [0.717, 1.165) is 0 Å². The molecule has 0 fully saturated rings. The minimum Gasteiger partial charge on any atom is -0.469 e. The highest BCUT2D eigenvalue weighted by molar-refractivity contribution is 5.86. The van der Waals surface area contributed by atoms with Crippen molar-refractivity contribution in [2.45, 2.75) is 25.1 Å². The summed E-state index contributed by atoms with van der Waals surface area (Å²) < 4.78 is 42.1. The first-order valence-corrected chi connectivity index (χ1v) is 4.91. The molecule has 1 heterocycles. The fourth-order valence-corrected chi connectivity index (χ4v) is 1.07. The van der Waals surface area contributed by atoms with E-state index in [2.05, 4.69) is 5.32 Å². The lowest BCUT2D eigenvalue weighted by molar-refractivity contribution is -0.187. The number of alkyl halides is 3. The molecule has 0 saturated heterocycles. The molecule has 0 saturated carbocycles. The van der Waals surface area contributed by atoms with Crippen molar-refractivity contribution in [2.75, 3.05) is 6.54 Å². The fraction of sp³-hybridized carbons (Fsp3) is 0.500. The van der Waals surface area contributed by atoms with Crippen molar-refractivity contribution in [1.29, 1.82) is 0 Å². The first-order valence-electron chi connectivity index (χ1n) is 4.91. The van der Waals surface area contributed by atoms with Gasteiger partial charge >= 0.3 is 6.18 Å². The van der Waals surface area contributed by atoms with Gasteiger partial charge in [0.1, 0.15) is 5.76 Å². The van der Waals surface area contributed by atoms with E-state index in [1.54, 1.807) is 12.1 Å². The molecule has 0 aromatic carbocycles. The number of halogens is 3. The van der Waals surface area contributed by atoms with Crippen LogP contribution in [0, 0.1) is 0 Å². The molecule has 4 nitrogen and oxygen atoms in total. The second kappa shape index (κ2) is 4.79. The van der Waals surface area contributed by atoms with Crippen LogP contribution in [0.2, 0.25) is 0 Å². The van der Waals surface area contributed by atoms with Gasteiger partial charge in [0, 0.05) is 13.0 Å². The monoisotopic (exact) mass is 250 g/mol. The van der Waals surface area contributed by atoms with Crippen molar-refractivity contribution in [3.05, 3.63) is 24.2 Å². The number of furan rings is 1. The molecule has 0 aliphatic carbocycles. The van der Waals surface area contributed by atoms with E-state index in [4.69, 9.17) is 10.2 Å². The van der Waals surface area contributed by atoms with Crippen LogP contribution in [0.3, 0.4) is 0 Å². The van der Waals surface area contributed by atoms with Gasteiger partial charge in [-0.05, 0) is 19.1 Å². The Morgan fingerprint density at radius 2 is 2.18 bits per heavy atom. The number of amides is 1. The molecule has 0 aliphatic heterocycles. The number of nitrogens with one attached hydrogen (secondary N) is 1. The maximum Gasteiger partial charge on any atom is 0.415 e. The van der Waals surface area contributed by atoms with Gasteiger partial charge in [0.05, 0.1) is 6.26 Å². The molecule has 1 aromatic heterocycles. The van der Waals surface area contributed by atoms with E-state index in [1.807, 2.05) is 0 Å². The van der Waals surface area contributed by atoms with Gasteiger partial charge in [0.15, 0.2) is 5.54 Å². The fourth-order valence-electron chi connectivity index (χ4n) is 1.07. The van der Waals surface area contributed by atoms with Crippen LogP contribution >= 0.6 is 0 Å². The SMILES string of the molecule is CC(N)(C(=O)NCCc1ccco1)C(F)(F)F. The van der Waals surface area contributed by atoms with Crippen molar-refractivity contribution in [1.82, 2.24) is 5.32 Å². The summed E-state index contributed by atoms with van der Waals surface area (Å²) in [6, 6.07) is 3.32. The molecule has 7 heteroatoms. The van der Waals surface area contributed by atoms with E-state index >= 15 is 0 Å². The predicted molar refractivity (Wildman–Crippen MR) is 54.1 cm³/mol. The Bertz CT molecular complexity index is 371. The van der Waals surface area contributed by atoms with Crippen LogP contribution in [0.4, 0.5) is 13.2 Å². The smallest absolute Gasteiger partial charge is 0.415 e. The van der Waals surface area contributed by atoms with Crippen LogP contribution in [0.5, 0.6) is 0 Å². The number of hydrogen-bond acceptors (Lipinski definition) is 3. The summed E-state index contributed by atoms with van der Waals surface area (Å²) in [6.07, 6.45) is -3.02. The third-order valence-electron chi connectivity index (χ3n) is 2.30. The second-order valence-corrected chi connectivity index (χ2v) is 3.79. The molecular formula is C10H13F3N2O2. The number of carbonyl (C=O) groups is 1. The van der Waals surface area contributed by atoms with E-state index in [1.165, 1.54) is 6.26 Å². The van der Waals surface area contributed by atoms with Crippen molar-refractivity contribution >= 4 is 5.91 Å². The maximum absolute atomic E-state index is 12.4. The molecule has 1 atom stereocenters. The van der Waals surface area contributed by atoms with Crippen LogP contribution < -0.4 is 11.1 Å². The van der Waals surface area contributed by atoms with Crippen LogP contribution in [0.1, 0.15) is 12.7 Å². The van der Waals surface area contributed by atoms with Crippen LogP contribution in [-0.4, -0.2) is 24.2 Å². The zero-order valence-electron chi connectivity index (χ0n) is 9.17. The van der Waals surface area contributed by atoms with Crippen molar-refractivity contribution < 1.29 is 22.4 Å². The molecule has 1 rings (SSSR count). The quantitative estimate of drug-likeness (QED) is 0.844. The van der Waals surface area contributed by atoms with Crippen LogP contribution in [0.25, 0.3) is 0 Å². The van der Waals surface area contributed by atoms with Crippen LogP contribution in [-0.2, 0) is 11.2 Å². The molecule has 0 spiro atoms. The second-order valence-electron chi connectivity index (χ2n) is 3.79. The summed E-state index contributed by atoms with van der Waals surface area (Å²) in [5, 5.41) is 2.12. The standard InChI is InChI=1S/C10H13F3N2O2/c1-9(14,10(11,12)13)8(16)15-5-4-7-3-2-6-17-7/h2-3,6H,4-5,14H2,1H3,(H,15,16). The Labute approximate surface area is 96.0 Å². The maximum atomic E-state index is 12.4. The molecular weight excluding hydrogens is 237 g/mol. The normalized spacial score (nSPS) is 15.4. The van der Waals surface area contributed by atoms with E-state index < -0.39 is 17.6 Å². The third kappa shape index (κ3) is 3.23. The molecule has 1 unspecified atom stereocenters. The van der Waals surface area contributed by atoms with Gasteiger partial charge in [0.2, 0.25) is 5.91 Å². The Balaban J connectivity index is 2.45. The number of nitrogens with two attached hydrogens (primary N) is 1. The van der Waals surface area contributed by atoms with E-state index in [9.17, 15) is 18.0 Å². The molecule has 3 N–H and O–H groups in total. The summed E-state index contributed by atoms with van der Waals surface area (Å²) in [5.41, 5.74) is 2.06. The highest BCUT2D eigenvalue weighted by atomic mass is 19.4. The lowest BCUT2D eigenvalue weighted by Gasteiger charge is -2.25. The topological polar surface area (TPSA) is 68.3 Å². The van der Waals surface area contributed by atoms with Crippen molar-refractivity contribution in [3.63, 3.8) is 0 Å². The molecule has 17 heavy (non-hydrogen) atoms. The average molecular weight is 250 g/mol. The van der Waals surface area contributed by atoms with Gasteiger partial charge < -0.3 is 15.5 Å². The zero-order chi connectivity index (χ0) is 13.1. The van der Waals surface area contributed by atoms with Gasteiger partial charge in [-0.2, -0.15) is 13.2 Å². The minimum atomic E-state index is -4.78. The summed E-state index contributed by atoms with van der Waals surface area (Å²) in [7, 11) is 0. The Kier molecular flexibility index (Phi) is 3.82. The Morgan fingerprint density at radius 3 is 2.65 bits per heavy atom. The first-order chi connectivity index (χ1) is 7.75. The third-order valence-corrected chi connectivity index (χ3v) is 2.30. The minimum absolute atomic E-state index is 0.0369. The number of rotatable bonds is 4. The van der Waals surface area contributed by atoms with Crippen LogP contribution in [0.15, 0.2) is 22.8 Å². The molecule has 1 aromatic rings. The lowest BCUT2D eigenvalue weighted by Crippen LogP contribution is -2.61. The van der Waals surface area contributed by atoms with Crippen molar-refractivity contribution in [3.8, 4) is 0 Å². The van der Waals surface area contributed by atoms with E-state index in [-0.39, 0.29) is 6.54 Å². The van der Waals surface area contributed by atoms with Gasteiger partial charge in [-0.1, -0.05) is 0 Å². The highest BCUT2D eigenvalue weighted by Gasteiger charge is 2.53. The average Bonchev–Trinajstić information content (AvgIpc) is 2.68. The number of carbonyl (C=O) groups excluding carboxylic acids is 1. The zero-order valence-corrected chi connectivity index (χ0v) is 9.17. The highest BCUT2D eigenvalue weighted by Crippen LogP contribution is 2.27. The summed E-state index contributed by atoms with van der Waals surface area (Å²) in [6.45, 7) is 0.671. The molecule has 0 bridgehead atoms. The molecule has 1 amide bonds. The van der Waals surface area contributed by atoms with Gasteiger partial charge in [-0.3, -0.25) is 4.79 Å². The number of hydrogen-bond donors (Lipinski definition) is 2. The molecule has 96 valence electrons. The van der Waals surface area contributed by atoms with Gasteiger partial charge in [0.25, 0.3) is 0 Å². The Morgan fingerprint density at radius 1 is 1.53 bits per heavy atom. The Hall–Kier alpha value is -1.50. The summed E-state index contributed by atoms with van der Waals surface area (Å²) in [4.78, 5) is 11.3.